The van der Waals surface area contributed by atoms with Crippen molar-refractivity contribution in [3.05, 3.63) is 54.4 Å². The number of pyridine rings is 1. The summed E-state index contributed by atoms with van der Waals surface area (Å²) in [5.74, 6) is 0. The Morgan fingerprint density at radius 3 is 2.16 bits per heavy atom. The highest BCUT2D eigenvalue weighted by molar-refractivity contribution is 7.89. The Bertz CT molecular complexity index is 806. The van der Waals surface area contributed by atoms with Gasteiger partial charge in [-0.25, -0.2) is 17.9 Å². The number of hydrogen-bond acceptors (Lipinski definition) is 4. The summed E-state index contributed by atoms with van der Waals surface area (Å²) in [7, 11) is -3.54. The van der Waals surface area contributed by atoms with Gasteiger partial charge in [0, 0.05) is 24.1 Å². The second kappa shape index (κ2) is 8.09. The van der Waals surface area contributed by atoms with E-state index in [1.807, 2.05) is 19.1 Å². The summed E-state index contributed by atoms with van der Waals surface area (Å²) in [4.78, 5) is 16.1. The molecule has 25 heavy (non-hydrogen) atoms. The van der Waals surface area contributed by atoms with Crippen molar-refractivity contribution < 1.29 is 13.2 Å². The third kappa shape index (κ3) is 5.54. The van der Waals surface area contributed by atoms with Crippen LogP contribution < -0.4 is 15.4 Å². The first-order valence-electron chi connectivity index (χ1n) is 7.88. The summed E-state index contributed by atoms with van der Waals surface area (Å²) in [6.45, 7) is 5.37. The normalized spacial score (nSPS) is 12.6. The van der Waals surface area contributed by atoms with Gasteiger partial charge in [-0.05, 0) is 62.7 Å². The fourth-order valence-corrected chi connectivity index (χ4v) is 3.45. The van der Waals surface area contributed by atoms with E-state index in [9.17, 15) is 13.2 Å². The first-order valence-corrected chi connectivity index (χ1v) is 9.36. The van der Waals surface area contributed by atoms with E-state index in [-0.39, 0.29) is 23.0 Å². The molecule has 0 aliphatic heterocycles. The number of anilines is 1. The quantitative estimate of drug-likeness (QED) is 0.735. The summed E-state index contributed by atoms with van der Waals surface area (Å²) in [6.07, 6.45) is 3.32. The molecule has 134 valence electrons. The lowest BCUT2D eigenvalue weighted by molar-refractivity contribution is 0.249. The highest BCUT2D eigenvalue weighted by Crippen LogP contribution is 2.15. The minimum Gasteiger partial charge on any atom is -0.331 e. The van der Waals surface area contributed by atoms with Crippen molar-refractivity contribution >= 4 is 21.7 Å². The van der Waals surface area contributed by atoms with Crippen molar-refractivity contribution in [1.82, 2.24) is 15.0 Å². The molecule has 0 aliphatic carbocycles. The molecule has 2 aromatic rings. The molecule has 0 aliphatic rings. The number of carbonyl (C=O) groups excluding carboxylic acids is 1. The van der Waals surface area contributed by atoms with E-state index in [1.54, 1.807) is 38.4 Å². The Labute approximate surface area is 147 Å². The van der Waals surface area contributed by atoms with E-state index in [4.69, 9.17) is 0 Å². The van der Waals surface area contributed by atoms with Gasteiger partial charge in [-0.15, -0.1) is 0 Å². The number of aromatic nitrogens is 1. The second-order valence-electron chi connectivity index (χ2n) is 5.90. The van der Waals surface area contributed by atoms with Gasteiger partial charge in [-0.2, -0.15) is 0 Å². The van der Waals surface area contributed by atoms with Crippen molar-refractivity contribution in [3.8, 4) is 0 Å². The summed E-state index contributed by atoms with van der Waals surface area (Å²) in [6, 6.07) is 8.90. The van der Waals surface area contributed by atoms with Crippen molar-refractivity contribution in [2.45, 2.75) is 37.8 Å². The lowest BCUT2D eigenvalue weighted by atomic mass is 10.1. The SMILES string of the molecule is CC(C)NS(=O)(=O)c1ccc(NC(=O)NC(C)c2ccncc2)cc1. The summed E-state index contributed by atoms with van der Waals surface area (Å²) in [5, 5.41) is 5.49. The molecule has 1 heterocycles. The molecule has 0 radical (unpaired) electrons. The average Bonchev–Trinajstić information content (AvgIpc) is 2.55. The third-order valence-electron chi connectivity index (χ3n) is 3.37. The van der Waals surface area contributed by atoms with Crippen LogP contribution >= 0.6 is 0 Å². The molecule has 0 bridgehead atoms. The summed E-state index contributed by atoms with van der Waals surface area (Å²) in [5.41, 5.74) is 1.44. The van der Waals surface area contributed by atoms with Gasteiger partial charge in [-0.3, -0.25) is 4.98 Å². The van der Waals surface area contributed by atoms with Crippen LogP contribution in [-0.2, 0) is 10.0 Å². The highest BCUT2D eigenvalue weighted by atomic mass is 32.2. The van der Waals surface area contributed by atoms with Crippen LogP contribution in [0.4, 0.5) is 10.5 Å². The number of benzene rings is 1. The molecule has 2 rings (SSSR count). The van der Waals surface area contributed by atoms with Crippen LogP contribution in [0.3, 0.4) is 0 Å². The Hall–Kier alpha value is -2.45. The first kappa shape index (κ1) is 18.9. The van der Waals surface area contributed by atoms with E-state index in [0.717, 1.165) is 5.56 Å². The maximum absolute atomic E-state index is 12.1. The number of amides is 2. The van der Waals surface area contributed by atoms with Crippen LogP contribution in [0.25, 0.3) is 0 Å². The molecule has 8 heteroatoms. The molecule has 1 atom stereocenters. The molecule has 1 unspecified atom stereocenters. The van der Waals surface area contributed by atoms with E-state index in [0.29, 0.717) is 5.69 Å². The zero-order valence-corrected chi connectivity index (χ0v) is 15.2. The molecule has 1 aromatic heterocycles. The fraction of sp³-hybridized carbons (Fsp3) is 0.294. The van der Waals surface area contributed by atoms with Crippen molar-refractivity contribution in [1.29, 1.82) is 0 Å². The Balaban J connectivity index is 1.98. The lowest BCUT2D eigenvalue weighted by Gasteiger charge is -2.15. The molecular weight excluding hydrogens is 340 g/mol. The van der Waals surface area contributed by atoms with Gasteiger partial charge >= 0.3 is 6.03 Å². The maximum Gasteiger partial charge on any atom is 0.319 e. The van der Waals surface area contributed by atoms with Gasteiger partial charge < -0.3 is 10.6 Å². The van der Waals surface area contributed by atoms with Crippen LogP contribution in [-0.4, -0.2) is 25.5 Å². The van der Waals surface area contributed by atoms with Gasteiger partial charge in [0.15, 0.2) is 0 Å². The third-order valence-corrected chi connectivity index (χ3v) is 5.04. The number of hydrogen-bond donors (Lipinski definition) is 3. The first-order chi connectivity index (χ1) is 11.8. The number of rotatable bonds is 6. The Kier molecular flexibility index (Phi) is 6.11. The maximum atomic E-state index is 12.1. The molecular formula is C17H22N4O3S. The standard InChI is InChI=1S/C17H22N4O3S/c1-12(2)21-25(23,24)16-6-4-15(5-7-16)20-17(22)19-13(3)14-8-10-18-11-9-14/h4-13,21H,1-3H3,(H2,19,20,22). The molecule has 3 N–H and O–H groups in total. The predicted molar refractivity (Wildman–Crippen MR) is 96.7 cm³/mol. The average molecular weight is 362 g/mol. The van der Waals surface area contributed by atoms with Crippen LogP contribution in [0.2, 0.25) is 0 Å². The zero-order valence-electron chi connectivity index (χ0n) is 14.4. The van der Waals surface area contributed by atoms with Crippen LogP contribution in [0.15, 0.2) is 53.7 Å². The second-order valence-corrected chi connectivity index (χ2v) is 7.62. The van der Waals surface area contributed by atoms with Crippen LogP contribution in [0.5, 0.6) is 0 Å². The number of sulfonamides is 1. The minimum absolute atomic E-state index is 0.150. The number of nitrogens with one attached hydrogen (secondary N) is 3. The van der Waals surface area contributed by atoms with E-state index >= 15 is 0 Å². The monoisotopic (exact) mass is 362 g/mol. The van der Waals surface area contributed by atoms with Gasteiger partial charge in [0.2, 0.25) is 10.0 Å². The number of nitrogens with zero attached hydrogens (tertiary/aromatic N) is 1. The zero-order chi connectivity index (χ0) is 18.4. The molecule has 7 nitrogen and oxygen atoms in total. The smallest absolute Gasteiger partial charge is 0.319 e. The van der Waals surface area contributed by atoms with Gasteiger partial charge in [0.05, 0.1) is 10.9 Å². The molecule has 0 fully saturated rings. The van der Waals surface area contributed by atoms with Crippen molar-refractivity contribution in [2.75, 3.05) is 5.32 Å². The molecule has 0 saturated heterocycles. The van der Waals surface area contributed by atoms with E-state index < -0.39 is 10.0 Å². The van der Waals surface area contributed by atoms with E-state index in [2.05, 4.69) is 20.3 Å². The van der Waals surface area contributed by atoms with Crippen molar-refractivity contribution in [2.24, 2.45) is 0 Å². The Morgan fingerprint density at radius 1 is 1.00 bits per heavy atom. The largest absolute Gasteiger partial charge is 0.331 e. The Morgan fingerprint density at radius 2 is 1.60 bits per heavy atom. The fourth-order valence-electron chi connectivity index (χ4n) is 2.20. The highest BCUT2D eigenvalue weighted by Gasteiger charge is 2.15. The van der Waals surface area contributed by atoms with Gasteiger partial charge in [-0.1, -0.05) is 0 Å². The van der Waals surface area contributed by atoms with Gasteiger partial charge in [0.25, 0.3) is 0 Å². The van der Waals surface area contributed by atoms with Crippen LogP contribution in [0, 0.1) is 0 Å². The summed E-state index contributed by atoms with van der Waals surface area (Å²) >= 11 is 0. The predicted octanol–water partition coefficient (Wildman–Crippen LogP) is 2.65. The topological polar surface area (TPSA) is 100 Å². The molecule has 2 amide bonds. The van der Waals surface area contributed by atoms with Crippen molar-refractivity contribution in [3.63, 3.8) is 0 Å². The number of urea groups is 1. The molecule has 1 aromatic carbocycles. The lowest BCUT2D eigenvalue weighted by Crippen LogP contribution is -2.31. The van der Waals surface area contributed by atoms with Crippen LogP contribution in [0.1, 0.15) is 32.4 Å². The minimum atomic E-state index is -3.54. The van der Waals surface area contributed by atoms with Gasteiger partial charge in [0.1, 0.15) is 0 Å². The van der Waals surface area contributed by atoms with E-state index in [1.165, 1.54) is 12.1 Å². The molecule has 0 spiro atoms. The summed E-state index contributed by atoms with van der Waals surface area (Å²) < 4.78 is 26.6. The molecule has 0 saturated carbocycles. The number of carbonyl (C=O) groups is 1.